The number of amides is 1. The molecule has 262 valence electrons. The zero-order valence-electron chi connectivity index (χ0n) is 27.7. The van der Waals surface area contributed by atoms with Gasteiger partial charge in [0.25, 0.3) is 15.9 Å². The fourth-order valence-corrected chi connectivity index (χ4v) is 7.17. The molecule has 10 nitrogen and oxygen atoms in total. The van der Waals surface area contributed by atoms with E-state index in [2.05, 4.69) is 14.6 Å². The Balaban J connectivity index is 1.05. The Hall–Kier alpha value is -5.08. The van der Waals surface area contributed by atoms with Gasteiger partial charge in [-0.05, 0) is 73.0 Å². The van der Waals surface area contributed by atoms with Crippen LogP contribution in [0.25, 0.3) is 10.9 Å². The van der Waals surface area contributed by atoms with E-state index in [1.807, 2.05) is 47.7 Å². The van der Waals surface area contributed by atoms with Gasteiger partial charge < -0.3 is 18.9 Å². The van der Waals surface area contributed by atoms with Crippen LogP contribution in [-0.4, -0.2) is 72.6 Å². The van der Waals surface area contributed by atoms with Crippen LogP contribution in [0, 0.1) is 13.8 Å². The number of pyridine rings is 1. The molecule has 50 heavy (non-hydrogen) atoms. The lowest BCUT2D eigenvalue weighted by Crippen LogP contribution is -2.48. The van der Waals surface area contributed by atoms with Crippen LogP contribution in [0.5, 0.6) is 17.4 Å². The molecule has 1 aliphatic heterocycles. The normalized spacial score (nSPS) is 14.2. The van der Waals surface area contributed by atoms with Crippen molar-refractivity contribution in [3.05, 3.63) is 107 Å². The first-order valence-corrected chi connectivity index (χ1v) is 17.4. The third kappa shape index (κ3) is 8.20. The molecule has 0 bridgehead atoms. The van der Waals surface area contributed by atoms with E-state index in [0.29, 0.717) is 55.4 Å². The van der Waals surface area contributed by atoms with Crippen molar-refractivity contribution < 1.29 is 35.9 Å². The number of ether oxygens (including phenoxy) is 2. The van der Waals surface area contributed by atoms with Gasteiger partial charge in [0.2, 0.25) is 5.88 Å². The molecule has 0 radical (unpaired) electrons. The minimum absolute atomic E-state index is 0.0856. The molecule has 1 saturated heterocycles. The number of nitrogens with zero attached hydrogens (tertiary/aromatic N) is 4. The van der Waals surface area contributed by atoms with Gasteiger partial charge in [-0.1, -0.05) is 24.3 Å². The number of aryl methyl sites for hydroxylation is 3. The van der Waals surface area contributed by atoms with Crippen molar-refractivity contribution in [1.82, 2.24) is 19.4 Å². The van der Waals surface area contributed by atoms with Crippen molar-refractivity contribution in [1.29, 1.82) is 0 Å². The van der Waals surface area contributed by atoms with Gasteiger partial charge in [-0.25, -0.2) is 13.4 Å². The van der Waals surface area contributed by atoms with Crippen molar-refractivity contribution in [2.45, 2.75) is 31.5 Å². The van der Waals surface area contributed by atoms with Crippen molar-refractivity contribution in [3.8, 4) is 17.4 Å². The average Bonchev–Trinajstić information content (AvgIpc) is 3.41. The Labute approximate surface area is 288 Å². The molecular weight excluding hydrogens is 671 g/mol. The summed E-state index contributed by atoms with van der Waals surface area (Å²) < 4.78 is 78.3. The molecule has 6 rings (SSSR count). The van der Waals surface area contributed by atoms with E-state index < -0.39 is 22.8 Å². The predicted octanol–water partition coefficient (Wildman–Crippen LogP) is 6.68. The summed E-state index contributed by atoms with van der Waals surface area (Å²) in [5.41, 5.74) is 4.06. The minimum atomic E-state index is -4.39. The number of benzene rings is 3. The van der Waals surface area contributed by atoms with E-state index >= 15 is 0 Å². The molecule has 5 aromatic rings. The maximum atomic E-state index is 13.6. The highest BCUT2D eigenvalue weighted by Gasteiger charge is 2.28. The van der Waals surface area contributed by atoms with Crippen molar-refractivity contribution >= 4 is 32.5 Å². The first-order chi connectivity index (χ1) is 23.7. The summed E-state index contributed by atoms with van der Waals surface area (Å²) >= 11 is 0. The zero-order valence-corrected chi connectivity index (χ0v) is 28.5. The standard InChI is InChI=1S/C36H36F3N5O5S/c1-24-4-5-25(2)33(18-24)50(46,47)41-28-9-13-34(40-21-28)49-30-12-8-27-19-32(42(3)31(27)20-30)35(45)44-16-14-43(15-17-44)22-26-6-10-29(11-7-26)48-23-36(37,38)39/h4-13,18-21,41H,14-17,22-23H2,1-3H3. The number of anilines is 1. The summed E-state index contributed by atoms with van der Waals surface area (Å²) in [6.07, 6.45) is -2.99. The fourth-order valence-electron chi connectivity index (χ4n) is 5.79. The summed E-state index contributed by atoms with van der Waals surface area (Å²) in [6.45, 7) is 5.22. The second-order valence-corrected chi connectivity index (χ2v) is 13.9. The van der Waals surface area contributed by atoms with E-state index in [1.165, 1.54) is 18.3 Å². The van der Waals surface area contributed by atoms with Crippen LogP contribution >= 0.6 is 0 Å². The quantitative estimate of drug-likeness (QED) is 0.173. The van der Waals surface area contributed by atoms with Crippen molar-refractivity contribution in [3.63, 3.8) is 0 Å². The van der Waals surface area contributed by atoms with Crippen LogP contribution in [-0.2, 0) is 23.6 Å². The highest BCUT2D eigenvalue weighted by atomic mass is 32.2. The Morgan fingerprint density at radius 2 is 1.62 bits per heavy atom. The lowest BCUT2D eigenvalue weighted by atomic mass is 10.2. The number of aromatic nitrogens is 2. The number of carbonyl (C=O) groups excluding carboxylic acids is 1. The van der Waals surface area contributed by atoms with Crippen LogP contribution in [0.2, 0.25) is 0 Å². The third-order valence-corrected chi connectivity index (χ3v) is 9.99. The van der Waals surface area contributed by atoms with Gasteiger partial charge in [0.1, 0.15) is 17.2 Å². The van der Waals surface area contributed by atoms with Gasteiger partial charge >= 0.3 is 6.18 Å². The number of sulfonamides is 1. The molecule has 3 heterocycles. The summed E-state index contributed by atoms with van der Waals surface area (Å²) in [4.78, 5) is 22.1. The number of fused-ring (bicyclic) bond motifs is 1. The lowest BCUT2D eigenvalue weighted by Gasteiger charge is -2.34. The average molecular weight is 708 g/mol. The van der Waals surface area contributed by atoms with Crippen LogP contribution in [0.4, 0.5) is 18.9 Å². The molecule has 0 atom stereocenters. The van der Waals surface area contributed by atoms with E-state index in [1.54, 1.807) is 49.4 Å². The molecule has 2 aromatic heterocycles. The predicted molar refractivity (Wildman–Crippen MR) is 183 cm³/mol. The zero-order chi connectivity index (χ0) is 35.6. The summed E-state index contributed by atoms with van der Waals surface area (Å²) in [5.74, 6) is 0.853. The largest absolute Gasteiger partial charge is 0.484 e. The van der Waals surface area contributed by atoms with E-state index in [9.17, 15) is 26.4 Å². The SMILES string of the molecule is Cc1ccc(C)c(S(=O)(=O)Nc2ccc(Oc3ccc4cc(C(=O)N5CCN(Cc6ccc(OCC(F)(F)F)cc6)CC5)n(C)c4c3)nc2)c1. The monoisotopic (exact) mass is 707 g/mol. The second kappa shape index (κ2) is 14.0. The highest BCUT2D eigenvalue weighted by molar-refractivity contribution is 7.92. The van der Waals surface area contributed by atoms with Gasteiger partial charge in [0.05, 0.1) is 22.3 Å². The van der Waals surface area contributed by atoms with Gasteiger partial charge in [0.15, 0.2) is 6.61 Å². The molecule has 1 N–H and O–H groups in total. The maximum absolute atomic E-state index is 13.6. The summed E-state index contributed by atoms with van der Waals surface area (Å²) in [5, 5.41) is 0.869. The van der Waals surface area contributed by atoms with E-state index in [-0.39, 0.29) is 22.4 Å². The highest BCUT2D eigenvalue weighted by Crippen LogP contribution is 2.29. The maximum Gasteiger partial charge on any atom is 0.422 e. The van der Waals surface area contributed by atoms with E-state index in [4.69, 9.17) is 9.47 Å². The number of alkyl halides is 3. The van der Waals surface area contributed by atoms with Crippen LogP contribution in [0.15, 0.2) is 90.0 Å². The number of piperazine rings is 1. The topological polar surface area (TPSA) is 106 Å². The minimum Gasteiger partial charge on any atom is -0.484 e. The number of hydrogen-bond donors (Lipinski definition) is 1. The van der Waals surface area contributed by atoms with Gasteiger partial charge in [-0.2, -0.15) is 13.2 Å². The third-order valence-electron chi connectivity index (χ3n) is 8.47. The summed E-state index contributed by atoms with van der Waals surface area (Å²) in [7, 11) is -1.97. The number of hydrogen-bond acceptors (Lipinski definition) is 7. The smallest absolute Gasteiger partial charge is 0.422 e. The number of carbonyl (C=O) groups is 1. The number of rotatable bonds is 10. The molecule has 0 saturated carbocycles. The molecule has 0 aliphatic carbocycles. The molecule has 0 unspecified atom stereocenters. The fraction of sp³-hybridized carbons (Fsp3) is 0.278. The van der Waals surface area contributed by atoms with Gasteiger partial charge in [-0.15, -0.1) is 0 Å². The van der Waals surface area contributed by atoms with Gasteiger partial charge in [0, 0.05) is 57.3 Å². The number of nitrogens with one attached hydrogen (secondary N) is 1. The molecular formula is C36H36F3N5O5S. The number of halogens is 3. The van der Waals surface area contributed by atoms with E-state index in [0.717, 1.165) is 22.0 Å². The molecule has 3 aromatic carbocycles. The Morgan fingerprint density at radius 3 is 2.30 bits per heavy atom. The Kier molecular flexibility index (Phi) is 9.76. The van der Waals surface area contributed by atoms with Crippen molar-refractivity contribution in [2.24, 2.45) is 7.05 Å². The van der Waals surface area contributed by atoms with Crippen LogP contribution in [0.3, 0.4) is 0 Å². The molecule has 0 spiro atoms. The second-order valence-electron chi connectivity index (χ2n) is 12.3. The first-order valence-electron chi connectivity index (χ1n) is 15.9. The molecule has 1 amide bonds. The Morgan fingerprint density at radius 1 is 0.900 bits per heavy atom. The summed E-state index contributed by atoms with van der Waals surface area (Å²) in [6, 6.07) is 22.3. The van der Waals surface area contributed by atoms with Crippen LogP contribution in [0.1, 0.15) is 27.2 Å². The molecule has 1 aliphatic rings. The lowest BCUT2D eigenvalue weighted by molar-refractivity contribution is -0.153. The molecule has 14 heteroatoms. The Bertz CT molecular complexity index is 2110. The van der Waals surface area contributed by atoms with Crippen molar-refractivity contribution in [2.75, 3.05) is 37.5 Å². The van der Waals surface area contributed by atoms with Gasteiger partial charge in [-0.3, -0.25) is 14.4 Å². The van der Waals surface area contributed by atoms with Crippen LogP contribution < -0.4 is 14.2 Å². The molecule has 1 fully saturated rings. The first kappa shape index (κ1) is 34.8.